The predicted molar refractivity (Wildman–Crippen MR) is 131 cm³/mol. The Balaban J connectivity index is 1.85. The lowest BCUT2D eigenvalue weighted by Gasteiger charge is -2.37. The number of nitrogens with zero attached hydrogens (tertiary/aromatic N) is 1. The van der Waals surface area contributed by atoms with Gasteiger partial charge >= 0.3 is 5.97 Å². The third kappa shape index (κ3) is 5.42. The van der Waals surface area contributed by atoms with Gasteiger partial charge in [0.15, 0.2) is 5.11 Å². The van der Waals surface area contributed by atoms with Crippen LogP contribution in [0.15, 0.2) is 71.9 Å². The average molecular weight is 450 g/mol. The number of hydrogen-bond acceptors (Lipinski definition) is 4. The van der Waals surface area contributed by atoms with Crippen molar-refractivity contribution in [1.29, 1.82) is 0 Å². The monoisotopic (exact) mass is 449 g/mol. The van der Waals surface area contributed by atoms with Crippen molar-refractivity contribution < 1.29 is 14.3 Å². The van der Waals surface area contributed by atoms with Crippen LogP contribution in [0.4, 0.5) is 5.69 Å². The Bertz CT molecular complexity index is 1060. The largest absolute Gasteiger partial charge is 0.463 e. The van der Waals surface area contributed by atoms with Gasteiger partial charge < -0.3 is 20.3 Å². The van der Waals surface area contributed by atoms with Gasteiger partial charge in [-0.1, -0.05) is 42.5 Å². The van der Waals surface area contributed by atoms with Gasteiger partial charge in [-0.3, -0.25) is 4.79 Å². The number of allylic oxidation sites excluding steroid dienone is 1. The van der Waals surface area contributed by atoms with Gasteiger partial charge in [0.2, 0.25) is 5.91 Å². The van der Waals surface area contributed by atoms with E-state index in [4.69, 9.17) is 17.0 Å². The summed E-state index contributed by atoms with van der Waals surface area (Å²) in [5, 5.41) is 6.67. The Morgan fingerprint density at radius 3 is 2.59 bits per heavy atom. The molecule has 0 bridgehead atoms. The number of carbonyl (C=O) groups excluding carboxylic acids is 2. The molecule has 3 rings (SSSR count). The summed E-state index contributed by atoms with van der Waals surface area (Å²) in [6.07, 6.45) is 3.24. The normalized spacial score (nSPS) is 16.2. The molecule has 1 atom stereocenters. The molecular weight excluding hydrogens is 422 g/mol. The highest BCUT2D eigenvalue weighted by molar-refractivity contribution is 7.80. The molecule has 1 aliphatic rings. The zero-order valence-electron chi connectivity index (χ0n) is 18.4. The Morgan fingerprint density at radius 2 is 1.91 bits per heavy atom. The van der Waals surface area contributed by atoms with E-state index in [1.165, 1.54) is 6.08 Å². The summed E-state index contributed by atoms with van der Waals surface area (Å²) in [6, 6.07) is 16.5. The van der Waals surface area contributed by atoms with Crippen LogP contribution >= 0.6 is 12.2 Å². The highest BCUT2D eigenvalue weighted by atomic mass is 32.1. The number of nitrogens with one attached hydrogen (secondary N) is 2. The average Bonchev–Trinajstić information content (AvgIpc) is 2.78. The van der Waals surface area contributed by atoms with Gasteiger partial charge in [-0.05, 0) is 62.3 Å². The molecule has 166 valence electrons. The van der Waals surface area contributed by atoms with E-state index in [1.54, 1.807) is 19.1 Å². The van der Waals surface area contributed by atoms with Crippen LogP contribution in [0.1, 0.15) is 37.9 Å². The molecule has 1 unspecified atom stereocenters. The van der Waals surface area contributed by atoms with Gasteiger partial charge in [0.1, 0.15) is 0 Å². The highest BCUT2D eigenvalue weighted by Gasteiger charge is 2.34. The number of thiocarbonyl (C=S) groups is 1. The highest BCUT2D eigenvalue weighted by Crippen LogP contribution is 2.32. The van der Waals surface area contributed by atoms with E-state index in [0.717, 1.165) is 16.8 Å². The number of rotatable bonds is 7. The molecule has 0 spiro atoms. The molecule has 1 heterocycles. The van der Waals surface area contributed by atoms with Crippen molar-refractivity contribution in [3.8, 4) is 0 Å². The van der Waals surface area contributed by atoms with Gasteiger partial charge in [0, 0.05) is 24.0 Å². The minimum atomic E-state index is -0.471. The maximum absolute atomic E-state index is 12.8. The summed E-state index contributed by atoms with van der Waals surface area (Å²) in [7, 11) is 0. The van der Waals surface area contributed by atoms with E-state index in [2.05, 4.69) is 10.6 Å². The fourth-order valence-corrected chi connectivity index (χ4v) is 3.99. The molecule has 0 radical (unpaired) electrons. The first-order valence-corrected chi connectivity index (χ1v) is 10.9. The van der Waals surface area contributed by atoms with Crippen molar-refractivity contribution in [2.75, 3.05) is 18.5 Å². The van der Waals surface area contributed by atoms with Gasteiger partial charge in [-0.25, -0.2) is 4.79 Å². The van der Waals surface area contributed by atoms with Gasteiger partial charge in [-0.2, -0.15) is 0 Å². The van der Waals surface area contributed by atoms with Crippen LogP contribution in [-0.2, 0) is 14.3 Å². The van der Waals surface area contributed by atoms with Gasteiger partial charge in [0.25, 0.3) is 0 Å². The molecule has 6 nitrogen and oxygen atoms in total. The number of ether oxygens (including phenoxy) is 1. The summed E-state index contributed by atoms with van der Waals surface area (Å²) >= 11 is 5.52. The Labute approximate surface area is 194 Å². The van der Waals surface area contributed by atoms with Crippen LogP contribution in [-0.4, -0.2) is 35.0 Å². The first-order chi connectivity index (χ1) is 15.4. The van der Waals surface area contributed by atoms with Crippen molar-refractivity contribution in [1.82, 2.24) is 10.2 Å². The Hall–Kier alpha value is -3.45. The zero-order chi connectivity index (χ0) is 23.1. The number of carbonyl (C=O) groups is 2. The quantitative estimate of drug-likeness (QED) is 0.370. The van der Waals surface area contributed by atoms with E-state index in [0.29, 0.717) is 22.9 Å². The third-order valence-corrected chi connectivity index (χ3v) is 5.46. The SMILES string of the molecule is CCOC(=O)C1=C(C)N(CC)C(=S)NC1c1cccc(NC(=O)C=Cc2ccccc2)c1. The fraction of sp³-hybridized carbons (Fsp3) is 0.240. The first kappa shape index (κ1) is 23.2. The Morgan fingerprint density at radius 1 is 1.16 bits per heavy atom. The zero-order valence-corrected chi connectivity index (χ0v) is 19.2. The van der Waals surface area contributed by atoms with Crippen molar-refractivity contribution in [3.05, 3.63) is 83.1 Å². The molecule has 2 aromatic rings. The van der Waals surface area contributed by atoms with Crippen LogP contribution in [0.2, 0.25) is 0 Å². The maximum Gasteiger partial charge on any atom is 0.338 e. The van der Waals surface area contributed by atoms with Crippen LogP contribution < -0.4 is 10.6 Å². The molecule has 7 heteroatoms. The molecule has 2 N–H and O–H groups in total. The lowest BCUT2D eigenvalue weighted by atomic mass is 9.94. The number of esters is 1. The number of benzene rings is 2. The molecule has 0 saturated carbocycles. The first-order valence-electron chi connectivity index (χ1n) is 10.5. The molecule has 0 aromatic heterocycles. The molecule has 0 aliphatic carbocycles. The molecular formula is C25H27N3O3S. The topological polar surface area (TPSA) is 70.7 Å². The fourth-order valence-electron chi connectivity index (χ4n) is 3.60. The minimum absolute atomic E-state index is 0.243. The standard InChI is InChI=1S/C25H27N3O3S/c1-4-28-17(3)22(24(30)31-5-2)23(27-25(28)32)19-12-9-13-20(16-19)26-21(29)15-14-18-10-7-6-8-11-18/h6-16,23H,4-5H2,1-3H3,(H,26,29)(H,27,32). The second-order valence-electron chi connectivity index (χ2n) is 7.21. The summed E-state index contributed by atoms with van der Waals surface area (Å²) in [4.78, 5) is 27.0. The number of amides is 1. The van der Waals surface area contributed by atoms with Crippen LogP contribution in [0, 0.1) is 0 Å². The van der Waals surface area contributed by atoms with Crippen molar-refractivity contribution in [2.24, 2.45) is 0 Å². The van der Waals surface area contributed by atoms with Crippen molar-refractivity contribution >= 4 is 41.0 Å². The summed E-state index contributed by atoms with van der Waals surface area (Å²) in [5.74, 6) is -0.628. The number of hydrogen-bond donors (Lipinski definition) is 2. The van der Waals surface area contributed by atoms with Gasteiger partial charge in [-0.15, -0.1) is 0 Å². The lowest BCUT2D eigenvalue weighted by molar-refractivity contribution is -0.139. The van der Waals surface area contributed by atoms with Crippen LogP contribution in [0.3, 0.4) is 0 Å². The van der Waals surface area contributed by atoms with E-state index in [-0.39, 0.29) is 18.5 Å². The second-order valence-corrected chi connectivity index (χ2v) is 7.59. The smallest absolute Gasteiger partial charge is 0.338 e. The molecule has 0 saturated heterocycles. The summed E-state index contributed by atoms with van der Waals surface area (Å²) in [5.41, 5.74) is 3.64. The maximum atomic E-state index is 12.8. The predicted octanol–water partition coefficient (Wildman–Crippen LogP) is 4.43. The molecule has 0 fully saturated rings. The molecule has 1 amide bonds. The number of anilines is 1. The molecule has 32 heavy (non-hydrogen) atoms. The van der Waals surface area contributed by atoms with E-state index in [1.807, 2.05) is 67.3 Å². The summed E-state index contributed by atoms with van der Waals surface area (Å²) in [6.45, 7) is 6.54. The summed E-state index contributed by atoms with van der Waals surface area (Å²) < 4.78 is 5.31. The molecule has 2 aromatic carbocycles. The molecule has 1 aliphatic heterocycles. The lowest BCUT2D eigenvalue weighted by Crippen LogP contribution is -2.47. The van der Waals surface area contributed by atoms with Gasteiger partial charge in [0.05, 0.1) is 18.2 Å². The van der Waals surface area contributed by atoms with E-state index in [9.17, 15) is 9.59 Å². The van der Waals surface area contributed by atoms with Crippen molar-refractivity contribution in [2.45, 2.75) is 26.8 Å². The Kier molecular flexibility index (Phi) is 7.78. The third-order valence-electron chi connectivity index (χ3n) is 5.12. The van der Waals surface area contributed by atoms with Crippen LogP contribution in [0.5, 0.6) is 0 Å². The second kappa shape index (κ2) is 10.7. The van der Waals surface area contributed by atoms with Crippen LogP contribution in [0.25, 0.3) is 6.08 Å². The van der Waals surface area contributed by atoms with E-state index < -0.39 is 6.04 Å². The van der Waals surface area contributed by atoms with E-state index >= 15 is 0 Å². The van der Waals surface area contributed by atoms with Crippen molar-refractivity contribution in [3.63, 3.8) is 0 Å². The minimum Gasteiger partial charge on any atom is -0.463 e.